The molecule has 0 aliphatic heterocycles. The van der Waals surface area contributed by atoms with Gasteiger partial charge in [0.2, 0.25) is 0 Å². The Kier molecular flexibility index (Phi) is 5.29. The van der Waals surface area contributed by atoms with Crippen LogP contribution in [0.3, 0.4) is 0 Å². The Hall–Kier alpha value is -2.30. The lowest BCUT2D eigenvalue weighted by Gasteiger charge is -2.16. The standard InChI is InChI=1S/C18H23N3O2/c22-18(21-16-5-3-1-2-4-6-16)20-12-14-7-8-17(19-11-14)15-9-10-23-13-15/h7-11,13,16H,1-6,12H2,(H2,20,21,22). The number of urea groups is 1. The van der Waals surface area contributed by atoms with Crippen LogP contribution in [0.1, 0.15) is 44.1 Å². The van der Waals surface area contributed by atoms with Crippen LogP contribution in [0.15, 0.2) is 41.3 Å². The molecule has 2 N–H and O–H groups in total. The molecule has 1 saturated carbocycles. The molecule has 0 saturated heterocycles. The minimum Gasteiger partial charge on any atom is -0.472 e. The fraction of sp³-hybridized carbons (Fsp3) is 0.444. The summed E-state index contributed by atoms with van der Waals surface area (Å²) < 4.78 is 5.05. The van der Waals surface area contributed by atoms with Gasteiger partial charge in [0.1, 0.15) is 0 Å². The molecule has 2 aromatic rings. The number of carbonyl (C=O) groups is 1. The van der Waals surface area contributed by atoms with Crippen molar-refractivity contribution >= 4 is 6.03 Å². The summed E-state index contributed by atoms with van der Waals surface area (Å²) in [6.07, 6.45) is 12.3. The van der Waals surface area contributed by atoms with Crippen molar-refractivity contribution in [3.63, 3.8) is 0 Å². The average Bonchev–Trinajstić information content (AvgIpc) is 2.99. The van der Waals surface area contributed by atoms with E-state index in [-0.39, 0.29) is 6.03 Å². The zero-order valence-electron chi connectivity index (χ0n) is 13.3. The van der Waals surface area contributed by atoms with E-state index in [2.05, 4.69) is 15.6 Å². The number of amides is 2. The number of hydrogen-bond acceptors (Lipinski definition) is 3. The Balaban J connectivity index is 1.47. The Morgan fingerprint density at radius 3 is 2.65 bits per heavy atom. The normalized spacial score (nSPS) is 15.8. The zero-order chi connectivity index (χ0) is 15.9. The van der Waals surface area contributed by atoms with Crippen LogP contribution < -0.4 is 10.6 Å². The number of rotatable bonds is 4. The van der Waals surface area contributed by atoms with E-state index >= 15 is 0 Å². The first-order chi connectivity index (χ1) is 11.3. The highest BCUT2D eigenvalue weighted by molar-refractivity contribution is 5.74. The van der Waals surface area contributed by atoms with Gasteiger partial charge in [-0.3, -0.25) is 4.98 Å². The minimum atomic E-state index is -0.0872. The van der Waals surface area contributed by atoms with E-state index in [1.807, 2.05) is 18.2 Å². The van der Waals surface area contributed by atoms with Crippen molar-refractivity contribution in [2.45, 2.75) is 51.1 Å². The first-order valence-electron chi connectivity index (χ1n) is 8.33. The maximum atomic E-state index is 12.0. The molecule has 5 heteroatoms. The van der Waals surface area contributed by atoms with E-state index in [1.54, 1.807) is 18.7 Å². The number of hydrogen-bond donors (Lipinski definition) is 2. The van der Waals surface area contributed by atoms with Gasteiger partial charge in [-0.25, -0.2) is 4.79 Å². The molecule has 0 radical (unpaired) electrons. The van der Waals surface area contributed by atoms with Crippen molar-refractivity contribution in [2.24, 2.45) is 0 Å². The fourth-order valence-electron chi connectivity index (χ4n) is 2.95. The van der Waals surface area contributed by atoms with Crippen LogP contribution in [0, 0.1) is 0 Å². The van der Waals surface area contributed by atoms with Crippen LogP contribution >= 0.6 is 0 Å². The zero-order valence-corrected chi connectivity index (χ0v) is 13.3. The summed E-state index contributed by atoms with van der Waals surface area (Å²) in [7, 11) is 0. The lowest BCUT2D eigenvalue weighted by Crippen LogP contribution is -2.41. The molecule has 2 heterocycles. The molecule has 0 bridgehead atoms. The van der Waals surface area contributed by atoms with Gasteiger partial charge in [0.05, 0.1) is 18.2 Å². The number of carbonyl (C=O) groups excluding carboxylic acids is 1. The molecule has 0 unspecified atom stereocenters. The molecule has 1 aliphatic carbocycles. The predicted octanol–water partition coefficient (Wildman–Crippen LogP) is 3.86. The molecule has 5 nitrogen and oxygen atoms in total. The van der Waals surface area contributed by atoms with E-state index in [0.29, 0.717) is 12.6 Å². The van der Waals surface area contributed by atoms with E-state index in [9.17, 15) is 4.79 Å². The van der Waals surface area contributed by atoms with E-state index < -0.39 is 0 Å². The average molecular weight is 313 g/mol. The molecule has 23 heavy (non-hydrogen) atoms. The monoisotopic (exact) mass is 313 g/mol. The SMILES string of the molecule is O=C(NCc1ccc(-c2ccoc2)nc1)NC1CCCCCC1. The maximum absolute atomic E-state index is 12.0. The van der Waals surface area contributed by atoms with Crippen molar-refractivity contribution in [3.8, 4) is 11.3 Å². The number of aromatic nitrogens is 1. The lowest BCUT2D eigenvalue weighted by molar-refractivity contribution is 0.235. The van der Waals surface area contributed by atoms with Crippen LogP contribution in [0.2, 0.25) is 0 Å². The van der Waals surface area contributed by atoms with Crippen molar-refractivity contribution < 1.29 is 9.21 Å². The third-order valence-corrected chi connectivity index (χ3v) is 4.29. The second-order valence-electron chi connectivity index (χ2n) is 6.08. The fourth-order valence-corrected chi connectivity index (χ4v) is 2.95. The molecule has 1 fully saturated rings. The predicted molar refractivity (Wildman–Crippen MR) is 88.8 cm³/mol. The minimum absolute atomic E-state index is 0.0872. The van der Waals surface area contributed by atoms with E-state index in [4.69, 9.17) is 4.42 Å². The number of nitrogens with one attached hydrogen (secondary N) is 2. The molecule has 0 spiro atoms. The largest absolute Gasteiger partial charge is 0.472 e. The quantitative estimate of drug-likeness (QED) is 0.842. The molecule has 3 rings (SSSR count). The molecular weight excluding hydrogens is 290 g/mol. The highest BCUT2D eigenvalue weighted by Gasteiger charge is 2.14. The Labute approximate surface area is 136 Å². The van der Waals surface area contributed by atoms with Crippen LogP contribution in [0.5, 0.6) is 0 Å². The summed E-state index contributed by atoms with van der Waals surface area (Å²) in [5.41, 5.74) is 2.80. The van der Waals surface area contributed by atoms with Gasteiger partial charge in [0.15, 0.2) is 0 Å². The molecular formula is C18H23N3O2. The van der Waals surface area contributed by atoms with Gasteiger partial charge >= 0.3 is 6.03 Å². The molecule has 2 amide bonds. The van der Waals surface area contributed by atoms with E-state index in [1.165, 1.54) is 25.7 Å². The molecule has 0 aromatic carbocycles. The van der Waals surface area contributed by atoms with Crippen molar-refractivity contribution in [1.82, 2.24) is 15.6 Å². The van der Waals surface area contributed by atoms with Crippen molar-refractivity contribution in [2.75, 3.05) is 0 Å². The van der Waals surface area contributed by atoms with Gasteiger partial charge in [-0.05, 0) is 30.5 Å². The van der Waals surface area contributed by atoms with Gasteiger partial charge in [-0.2, -0.15) is 0 Å². The van der Waals surface area contributed by atoms with Gasteiger partial charge in [0.25, 0.3) is 0 Å². The van der Waals surface area contributed by atoms with Gasteiger partial charge in [0, 0.05) is 24.3 Å². The number of furan rings is 1. The summed E-state index contributed by atoms with van der Waals surface area (Å²) >= 11 is 0. The summed E-state index contributed by atoms with van der Waals surface area (Å²) in [5.74, 6) is 0. The topological polar surface area (TPSA) is 67.2 Å². The third kappa shape index (κ3) is 4.58. The van der Waals surface area contributed by atoms with Crippen LogP contribution in [0.4, 0.5) is 4.79 Å². The van der Waals surface area contributed by atoms with Crippen molar-refractivity contribution in [1.29, 1.82) is 0 Å². The first-order valence-corrected chi connectivity index (χ1v) is 8.33. The van der Waals surface area contributed by atoms with Crippen LogP contribution in [-0.2, 0) is 6.54 Å². The Bertz CT molecular complexity index is 600. The Morgan fingerprint density at radius 1 is 1.17 bits per heavy atom. The maximum Gasteiger partial charge on any atom is 0.315 e. The molecule has 1 aliphatic rings. The second-order valence-corrected chi connectivity index (χ2v) is 6.08. The first kappa shape index (κ1) is 15.6. The third-order valence-electron chi connectivity index (χ3n) is 4.29. The summed E-state index contributed by atoms with van der Waals surface area (Å²) in [6.45, 7) is 0.483. The summed E-state index contributed by atoms with van der Waals surface area (Å²) in [4.78, 5) is 16.4. The van der Waals surface area contributed by atoms with Crippen LogP contribution in [-0.4, -0.2) is 17.1 Å². The van der Waals surface area contributed by atoms with Crippen molar-refractivity contribution in [3.05, 3.63) is 42.5 Å². The van der Waals surface area contributed by atoms with Gasteiger partial charge in [-0.15, -0.1) is 0 Å². The number of pyridine rings is 1. The van der Waals surface area contributed by atoms with Crippen LogP contribution in [0.25, 0.3) is 11.3 Å². The highest BCUT2D eigenvalue weighted by Crippen LogP contribution is 2.18. The second kappa shape index (κ2) is 7.81. The smallest absolute Gasteiger partial charge is 0.315 e. The molecule has 0 atom stereocenters. The van der Waals surface area contributed by atoms with Gasteiger partial charge in [-0.1, -0.05) is 31.7 Å². The number of nitrogens with zero attached hydrogens (tertiary/aromatic N) is 1. The van der Waals surface area contributed by atoms with E-state index in [0.717, 1.165) is 29.7 Å². The molecule has 122 valence electrons. The Morgan fingerprint density at radius 2 is 2.00 bits per heavy atom. The summed E-state index contributed by atoms with van der Waals surface area (Å²) in [6, 6.07) is 6.02. The highest BCUT2D eigenvalue weighted by atomic mass is 16.3. The van der Waals surface area contributed by atoms with Gasteiger partial charge < -0.3 is 15.1 Å². The summed E-state index contributed by atoms with van der Waals surface area (Å²) in [5, 5.41) is 5.99. The molecule has 2 aromatic heterocycles. The lowest BCUT2D eigenvalue weighted by atomic mass is 10.1.